The second kappa shape index (κ2) is 9.24. The van der Waals surface area contributed by atoms with Crippen molar-refractivity contribution in [3.63, 3.8) is 0 Å². The molecule has 6 heteroatoms. The van der Waals surface area contributed by atoms with E-state index < -0.39 is 0 Å². The number of amides is 3. The average molecular weight is 438 g/mol. The van der Waals surface area contributed by atoms with Crippen molar-refractivity contribution in [2.24, 2.45) is 5.92 Å². The summed E-state index contributed by atoms with van der Waals surface area (Å²) in [5.41, 5.74) is 1.95. The van der Waals surface area contributed by atoms with Gasteiger partial charge in [-0.1, -0.05) is 38.2 Å². The molecule has 1 atom stereocenters. The first-order valence-corrected chi connectivity index (χ1v) is 12.7. The van der Waals surface area contributed by atoms with Gasteiger partial charge in [-0.2, -0.15) is 0 Å². The lowest BCUT2D eigenvalue weighted by Gasteiger charge is -2.36. The largest absolute Gasteiger partial charge is 0.370 e. The molecule has 0 bridgehead atoms. The Hall–Kier alpha value is -2.37. The van der Waals surface area contributed by atoms with Crippen molar-refractivity contribution in [2.75, 3.05) is 31.1 Å². The fourth-order valence-corrected chi connectivity index (χ4v) is 6.17. The molecule has 3 fully saturated rings. The summed E-state index contributed by atoms with van der Waals surface area (Å²) in [5, 5.41) is 0. The highest BCUT2D eigenvalue weighted by molar-refractivity contribution is 6.24. The lowest BCUT2D eigenvalue weighted by Crippen LogP contribution is -2.44. The summed E-state index contributed by atoms with van der Waals surface area (Å²) in [4.78, 5) is 45.7. The Morgan fingerprint density at radius 1 is 0.781 bits per heavy atom. The predicted octanol–water partition coefficient (Wildman–Crippen LogP) is 4.23. The number of piperidine rings is 1. The summed E-state index contributed by atoms with van der Waals surface area (Å²) in [7, 11) is 0. The van der Waals surface area contributed by atoms with Crippen LogP contribution in [-0.2, 0) is 4.79 Å². The van der Waals surface area contributed by atoms with Gasteiger partial charge in [-0.15, -0.1) is 0 Å². The van der Waals surface area contributed by atoms with E-state index in [1.54, 1.807) is 11.0 Å². The molecular weight excluding hydrogens is 402 g/mol. The molecular formula is C26H35N3O3. The summed E-state index contributed by atoms with van der Waals surface area (Å²) in [6.07, 6.45) is 11.7. The van der Waals surface area contributed by atoms with Crippen molar-refractivity contribution >= 4 is 23.4 Å². The Kier molecular flexibility index (Phi) is 6.20. The third-order valence-corrected chi connectivity index (χ3v) is 7.89. The number of nitrogens with zero attached hydrogens (tertiary/aromatic N) is 3. The second-order valence-corrected chi connectivity index (χ2v) is 10.00. The first kappa shape index (κ1) is 21.5. The van der Waals surface area contributed by atoms with Gasteiger partial charge in [0.2, 0.25) is 5.91 Å². The molecule has 3 aliphatic heterocycles. The number of anilines is 1. The van der Waals surface area contributed by atoms with Gasteiger partial charge in [0, 0.05) is 32.2 Å². The Morgan fingerprint density at radius 3 is 2.25 bits per heavy atom. The quantitative estimate of drug-likeness (QED) is 0.664. The van der Waals surface area contributed by atoms with Gasteiger partial charge < -0.3 is 9.80 Å². The van der Waals surface area contributed by atoms with Gasteiger partial charge in [-0.3, -0.25) is 19.3 Å². The van der Waals surface area contributed by atoms with Crippen LogP contribution in [0.4, 0.5) is 5.69 Å². The third-order valence-electron chi connectivity index (χ3n) is 7.89. The number of imide groups is 1. The maximum atomic E-state index is 13.6. The Labute approximate surface area is 190 Å². The van der Waals surface area contributed by atoms with E-state index in [0.29, 0.717) is 17.7 Å². The normalized spacial score (nSPS) is 25.1. The summed E-state index contributed by atoms with van der Waals surface area (Å²) in [6.45, 7) is 3.21. The molecule has 1 unspecified atom stereocenters. The number of hydrogen-bond acceptors (Lipinski definition) is 4. The molecule has 0 radical (unpaired) electrons. The molecule has 3 heterocycles. The Balaban J connectivity index is 1.38. The van der Waals surface area contributed by atoms with Gasteiger partial charge >= 0.3 is 0 Å². The third kappa shape index (κ3) is 3.93. The zero-order chi connectivity index (χ0) is 22.1. The van der Waals surface area contributed by atoms with Gasteiger partial charge in [0.05, 0.1) is 22.7 Å². The highest BCUT2D eigenvalue weighted by atomic mass is 16.2. The summed E-state index contributed by atoms with van der Waals surface area (Å²) in [5.74, 6) is -0.0109. The van der Waals surface area contributed by atoms with Crippen LogP contribution < -0.4 is 4.90 Å². The molecule has 1 aromatic carbocycles. The van der Waals surface area contributed by atoms with Crippen LogP contribution in [-0.4, -0.2) is 59.7 Å². The van der Waals surface area contributed by atoms with Gasteiger partial charge in [0.25, 0.3) is 11.8 Å². The molecule has 2 saturated heterocycles. The van der Waals surface area contributed by atoms with Crippen molar-refractivity contribution in [3.8, 4) is 0 Å². The zero-order valence-corrected chi connectivity index (χ0v) is 19.1. The smallest absolute Gasteiger partial charge is 0.263 e. The standard InChI is InChI=1S/C26H35N3O3/c30-24(27-15-6-7-16-27)19-10-9-17-28(18-19)22-14-8-13-21-23(22)26(32)29(25(21)31)20-11-4-2-1-3-5-12-20/h8,13-14,19-20H,1-7,9-12,15-18H2. The number of benzene rings is 1. The van der Waals surface area contributed by atoms with Crippen molar-refractivity contribution in [1.82, 2.24) is 9.80 Å². The van der Waals surface area contributed by atoms with Crippen molar-refractivity contribution in [2.45, 2.75) is 76.7 Å². The molecule has 1 saturated carbocycles. The van der Waals surface area contributed by atoms with E-state index in [4.69, 9.17) is 0 Å². The second-order valence-electron chi connectivity index (χ2n) is 10.00. The minimum Gasteiger partial charge on any atom is -0.370 e. The minimum atomic E-state index is -0.126. The zero-order valence-electron chi connectivity index (χ0n) is 19.1. The minimum absolute atomic E-state index is 0.0152. The van der Waals surface area contributed by atoms with E-state index in [2.05, 4.69) is 4.90 Å². The number of hydrogen-bond donors (Lipinski definition) is 0. The van der Waals surface area contributed by atoms with E-state index in [9.17, 15) is 14.4 Å². The van der Waals surface area contributed by atoms with Crippen molar-refractivity contribution in [3.05, 3.63) is 29.3 Å². The van der Waals surface area contributed by atoms with Crippen LogP contribution in [0.15, 0.2) is 18.2 Å². The summed E-state index contributed by atoms with van der Waals surface area (Å²) < 4.78 is 0. The SMILES string of the molecule is O=C(C1CCCN(c2cccc3c2C(=O)N(C2CCCCCCC2)C3=O)C1)N1CCCC1. The van der Waals surface area contributed by atoms with Crippen LogP contribution in [0.3, 0.4) is 0 Å². The molecule has 0 N–H and O–H groups in total. The average Bonchev–Trinajstić information content (AvgIpc) is 3.42. The first-order chi connectivity index (χ1) is 15.6. The van der Waals surface area contributed by atoms with Crippen LogP contribution in [0.2, 0.25) is 0 Å². The monoisotopic (exact) mass is 437 g/mol. The van der Waals surface area contributed by atoms with Crippen LogP contribution in [0.25, 0.3) is 0 Å². The Morgan fingerprint density at radius 2 is 1.50 bits per heavy atom. The van der Waals surface area contributed by atoms with E-state index in [1.807, 2.05) is 17.0 Å². The molecule has 5 rings (SSSR count). The number of fused-ring (bicyclic) bond motifs is 1. The van der Waals surface area contributed by atoms with Crippen LogP contribution in [0, 0.1) is 5.92 Å². The lowest BCUT2D eigenvalue weighted by atomic mass is 9.95. The number of rotatable bonds is 3. The van der Waals surface area contributed by atoms with Crippen LogP contribution in [0.1, 0.15) is 91.3 Å². The lowest BCUT2D eigenvalue weighted by molar-refractivity contribution is -0.134. The maximum Gasteiger partial charge on any atom is 0.263 e. The summed E-state index contributed by atoms with van der Waals surface area (Å²) >= 11 is 0. The fraction of sp³-hybridized carbons (Fsp3) is 0.654. The molecule has 1 aliphatic carbocycles. The van der Waals surface area contributed by atoms with E-state index in [-0.39, 0.29) is 29.7 Å². The maximum absolute atomic E-state index is 13.6. The molecule has 3 amide bonds. The van der Waals surface area contributed by atoms with Crippen LogP contribution >= 0.6 is 0 Å². The number of carbonyl (C=O) groups is 3. The van der Waals surface area contributed by atoms with Crippen molar-refractivity contribution in [1.29, 1.82) is 0 Å². The first-order valence-electron chi connectivity index (χ1n) is 12.7. The van der Waals surface area contributed by atoms with E-state index in [0.717, 1.165) is 76.7 Å². The van der Waals surface area contributed by atoms with Crippen LogP contribution in [0.5, 0.6) is 0 Å². The number of likely N-dealkylation sites (tertiary alicyclic amines) is 1. The molecule has 6 nitrogen and oxygen atoms in total. The topological polar surface area (TPSA) is 60.9 Å². The van der Waals surface area contributed by atoms with Gasteiger partial charge in [-0.25, -0.2) is 0 Å². The molecule has 0 aromatic heterocycles. The van der Waals surface area contributed by atoms with Gasteiger partial charge in [-0.05, 0) is 50.7 Å². The van der Waals surface area contributed by atoms with Gasteiger partial charge in [0.1, 0.15) is 0 Å². The molecule has 4 aliphatic rings. The number of carbonyl (C=O) groups excluding carboxylic acids is 3. The van der Waals surface area contributed by atoms with Gasteiger partial charge in [0.15, 0.2) is 0 Å². The van der Waals surface area contributed by atoms with E-state index in [1.165, 1.54) is 19.3 Å². The Bertz CT molecular complexity index is 884. The highest BCUT2D eigenvalue weighted by Crippen LogP contribution is 2.37. The van der Waals surface area contributed by atoms with E-state index >= 15 is 0 Å². The highest BCUT2D eigenvalue weighted by Gasteiger charge is 2.42. The fourth-order valence-electron chi connectivity index (χ4n) is 6.17. The molecule has 0 spiro atoms. The predicted molar refractivity (Wildman–Crippen MR) is 124 cm³/mol. The molecule has 32 heavy (non-hydrogen) atoms. The summed E-state index contributed by atoms with van der Waals surface area (Å²) in [6, 6.07) is 5.68. The van der Waals surface area contributed by atoms with Crippen molar-refractivity contribution < 1.29 is 14.4 Å². The molecule has 172 valence electrons. The molecule has 1 aromatic rings.